The molecule has 1 aromatic carbocycles. The van der Waals surface area contributed by atoms with Crippen molar-refractivity contribution < 1.29 is 9.84 Å². The summed E-state index contributed by atoms with van der Waals surface area (Å²) >= 11 is 5.01. The highest BCUT2D eigenvalue weighted by atomic mass is 32.1. The number of aliphatic hydroxyl groups excluding tert-OH is 1. The van der Waals surface area contributed by atoms with Crippen LogP contribution in [0, 0.1) is 5.92 Å². The molecule has 1 saturated heterocycles. The zero-order valence-electron chi connectivity index (χ0n) is 12.0. The van der Waals surface area contributed by atoms with Gasteiger partial charge < -0.3 is 15.6 Å². The molecule has 0 aliphatic carbocycles. The first kappa shape index (κ1) is 15.2. The molecule has 110 valence electrons. The van der Waals surface area contributed by atoms with Gasteiger partial charge in [-0.2, -0.15) is 0 Å². The summed E-state index contributed by atoms with van der Waals surface area (Å²) in [6.07, 6.45) is 0.668. The first-order chi connectivity index (χ1) is 9.51. The number of piperidine rings is 1. The second kappa shape index (κ2) is 6.52. The smallest absolute Gasteiger partial charge is 0.129 e. The lowest BCUT2D eigenvalue weighted by molar-refractivity contribution is 0.0320. The Kier molecular flexibility index (Phi) is 4.96. The summed E-state index contributed by atoms with van der Waals surface area (Å²) in [6, 6.07) is 5.94. The number of ether oxygens (including phenoxy) is 1. The second-order valence-corrected chi connectivity index (χ2v) is 5.91. The molecule has 1 heterocycles. The molecule has 0 spiro atoms. The van der Waals surface area contributed by atoms with E-state index in [0.717, 1.165) is 37.4 Å². The molecule has 0 aromatic heterocycles. The van der Waals surface area contributed by atoms with Gasteiger partial charge in [0.1, 0.15) is 10.7 Å². The zero-order chi connectivity index (χ0) is 14.7. The molecular formula is C15H22N2O2S. The fraction of sp³-hybridized carbons (Fsp3) is 0.533. The second-order valence-electron chi connectivity index (χ2n) is 5.47. The number of benzene rings is 1. The first-order valence-electron chi connectivity index (χ1n) is 6.88. The van der Waals surface area contributed by atoms with Crippen LogP contribution in [0.2, 0.25) is 0 Å². The van der Waals surface area contributed by atoms with Crippen LogP contribution in [0.1, 0.15) is 24.5 Å². The molecule has 1 fully saturated rings. The van der Waals surface area contributed by atoms with Crippen molar-refractivity contribution in [1.82, 2.24) is 4.90 Å². The monoisotopic (exact) mass is 294 g/mol. The van der Waals surface area contributed by atoms with Gasteiger partial charge in [-0.15, -0.1) is 0 Å². The SMILES string of the molecule is COc1cc(CN2CCC(O)C(C)C2)ccc1C(N)=S. The Bertz CT molecular complexity index is 493. The maximum Gasteiger partial charge on any atom is 0.129 e. The van der Waals surface area contributed by atoms with E-state index in [4.69, 9.17) is 22.7 Å². The summed E-state index contributed by atoms with van der Waals surface area (Å²) in [5.74, 6) is 1.04. The topological polar surface area (TPSA) is 58.7 Å². The Morgan fingerprint density at radius 3 is 2.90 bits per heavy atom. The van der Waals surface area contributed by atoms with Crippen molar-refractivity contribution in [3.8, 4) is 5.75 Å². The number of methoxy groups -OCH3 is 1. The van der Waals surface area contributed by atoms with Crippen LogP contribution in [-0.2, 0) is 6.54 Å². The standard InChI is InChI=1S/C15H22N2O2S/c1-10-8-17(6-5-13(10)18)9-11-3-4-12(15(16)20)14(7-11)19-2/h3-4,7,10,13,18H,5-6,8-9H2,1-2H3,(H2,16,20). The third-order valence-electron chi connectivity index (χ3n) is 3.88. The van der Waals surface area contributed by atoms with Gasteiger partial charge in [0.15, 0.2) is 0 Å². The maximum absolute atomic E-state index is 9.77. The number of aliphatic hydroxyl groups is 1. The van der Waals surface area contributed by atoms with Crippen LogP contribution in [-0.4, -0.2) is 41.3 Å². The van der Waals surface area contributed by atoms with E-state index in [-0.39, 0.29) is 6.10 Å². The highest BCUT2D eigenvalue weighted by Gasteiger charge is 2.24. The fourth-order valence-corrected chi connectivity index (χ4v) is 2.83. The van der Waals surface area contributed by atoms with Gasteiger partial charge in [-0.25, -0.2) is 0 Å². The van der Waals surface area contributed by atoms with E-state index in [1.165, 1.54) is 5.56 Å². The molecule has 1 aromatic rings. The summed E-state index contributed by atoms with van der Waals surface area (Å²) < 4.78 is 5.35. The summed E-state index contributed by atoms with van der Waals surface area (Å²) in [5, 5.41) is 9.77. The highest BCUT2D eigenvalue weighted by Crippen LogP contribution is 2.23. The third kappa shape index (κ3) is 3.48. The van der Waals surface area contributed by atoms with Gasteiger partial charge in [0.2, 0.25) is 0 Å². The average Bonchev–Trinajstić information content (AvgIpc) is 2.42. The lowest BCUT2D eigenvalue weighted by Crippen LogP contribution is -2.41. The summed E-state index contributed by atoms with van der Waals surface area (Å²) in [6.45, 7) is 4.78. The minimum absolute atomic E-state index is 0.169. The fourth-order valence-electron chi connectivity index (χ4n) is 2.66. The predicted octanol–water partition coefficient (Wildman–Crippen LogP) is 1.53. The third-order valence-corrected chi connectivity index (χ3v) is 4.10. The molecule has 0 saturated carbocycles. The van der Waals surface area contributed by atoms with Crippen LogP contribution >= 0.6 is 12.2 Å². The van der Waals surface area contributed by atoms with Crippen molar-refractivity contribution in [2.45, 2.75) is 26.0 Å². The van der Waals surface area contributed by atoms with E-state index in [9.17, 15) is 5.11 Å². The molecule has 0 radical (unpaired) electrons. The van der Waals surface area contributed by atoms with Gasteiger partial charge in [0.25, 0.3) is 0 Å². The molecule has 20 heavy (non-hydrogen) atoms. The van der Waals surface area contributed by atoms with Gasteiger partial charge in [0, 0.05) is 19.6 Å². The van der Waals surface area contributed by atoms with E-state index in [0.29, 0.717) is 10.9 Å². The van der Waals surface area contributed by atoms with Crippen molar-refractivity contribution in [3.05, 3.63) is 29.3 Å². The molecule has 5 heteroatoms. The van der Waals surface area contributed by atoms with Crippen molar-refractivity contribution in [2.75, 3.05) is 20.2 Å². The van der Waals surface area contributed by atoms with Crippen LogP contribution in [0.25, 0.3) is 0 Å². The van der Waals surface area contributed by atoms with Gasteiger partial charge in [-0.1, -0.05) is 25.2 Å². The Labute approximate surface area is 125 Å². The number of thiocarbonyl (C=S) groups is 1. The predicted molar refractivity (Wildman–Crippen MR) is 83.9 cm³/mol. The molecule has 4 nitrogen and oxygen atoms in total. The molecule has 1 aliphatic rings. The van der Waals surface area contributed by atoms with E-state index in [1.54, 1.807) is 7.11 Å². The van der Waals surface area contributed by atoms with Crippen LogP contribution in [0.5, 0.6) is 5.75 Å². The Hall–Kier alpha value is -1.17. The Balaban J connectivity index is 2.08. The summed E-state index contributed by atoms with van der Waals surface area (Å²) in [7, 11) is 1.63. The van der Waals surface area contributed by atoms with E-state index >= 15 is 0 Å². The van der Waals surface area contributed by atoms with Crippen LogP contribution in [0.15, 0.2) is 18.2 Å². The first-order valence-corrected chi connectivity index (χ1v) is 7.29. The largest absolute Gasteiger partial charge is 0.496 e. The lowest BCUT2D eigenvalue weighted by Gasteiger charge is -2.34. The zero-order valence-corrected chi connectivity index (χ0v) is 12.8. The summed E-state index contributed by atoms with van der Waals surface area (Å²) in [5.41, 5.74) is 7.61. The number of likely N-dealkylation sites (tertiary alicyclic amines) is 1. The van der Waals surface area contributed by atoms with Crippen molar-refractivity contribution >= 4 is 17.2 Å². The Morgan fingerprint density at radius 1 is 1.55 bits per heavy atom. The van der Waals surface area contributed by atoms with Crippen molar-refractivity contribution in [1.29, 1.82) is 0 Å². The van der Waals surface area contributed by atoms with E-state index in [1.807, 2.05) is 18.2 Å². The van der Waals surface area contributed by atoms with Gasteiger partial charge >= 0.3 is 0 Å². The molecule has 1 aliphatic heterocycles. The van der Waals surface area contributed by atoms with Gasteiger partial charge in [0.05, 0.1) is 18.8 Å². The minimum atomic E-state index is -0.169. The summed E-state index contributed by atoms with van der Waals surface area (Å²) in [4.78, 5) is 2.70. The van der Waals surface area contributed by atoms with Gasteiger partial charge in [-0.3, -0.25) is 4.90 Å². The quantitative estimate of drug-likeness (QED) is 0.825. The number of nitrogens with zero attached hydrogens (tertiary/aromatic N) is 1. The maximum atomic E-state index is 9.77. The lowest BCUT2D eigenvalue weighted by atomic mass is 9.96. The molecular weight excluding hydrogens is 272 g/mol. The molecule has 0 amide bonds. The van der Waals surface area contributed by atoms with E-state index in [2.05, 4.69) is 11.8 Å². The number of nitrogens with two attached hydrogens (primary N) is 1. The highest BCUT2D eigenvalue weighted by molar-refractivity contribution is 7.80. The molecule has 2 rings (SSSR count). The number of rotatable bonds is 4. The van der Waals surface area contributed by atoms with E-state index < -0.39 is 0 Å². The van der Waals surface area contributed by atoms with Crippen LogP contribution < -0.4 is 10.5 Å². The van der Waals surface area contributed by atoms with Crippen LogP contribution in [0.4, 0.5) is 0 Å². The van der Waals surface area contributed by atoms with Crippen LogP contribution in [0.3, 0.4) is 0 Å². The molecule has 3 N–H and O–H groups in total. The van der Waals surface area contributed by atoms with Gasteiger partial charge in [-0.05, 0) is 30.0 Å². The number of hydrogen-bond acceptors (Lipinski definition) is 4. The molecule has 0 bridgehead atoms. The van der Waals surface area contributed by atoms with Crippen molar-refractivity contribution in [3.63, 3.8) is 0 Å². The number of hydrogen-bond donors (Lipinski definition) is 2. The Morgan fingerprint density at radius 2 is 2.30 bits per heavy atom. The normalized spacial score (nSPS) is 23.6. The molecule has 2 atom stereocenters. The minimum Gasteiger partial charge on any atom is -0.496 e. The molecule has 2 unspecified atom stereocenters. The van der Waals surface area contributed by atoms with Crippen molar-refractivity contribution in [2.24, 2.45) is 11.7 Å². The average molecular weight is 294 g/mol.